The van der Waals surface area contributed by atoms with E-state index in [9.17, 15) is 0 Å². The van der Waals surface area contributed by atoms with Crippen LogP contribution < -0.4 is 0 Å². The first-order valence-corrected chi connectivity index (χ1v) is 22.1. The molecule has 0 amide bonds. The van der Waals surface area contributed by atoms with Crippen molar-refractivity contribution in [1.82, 2.24) is 0 Å². The van der Waals surface area contributed by atoms with E-state index in [0.29, 0.717) is 0 Å². The number of rotatable bonds is 10. The summed E-state index contributed by atoms with van der Waals surface area (Å²) in [5.41, 5.74) is 19.5. The molecule has 0 aliphatic heterocycles. The smallest absolute Gasteiger partial charge is 0.0535 e. The number of hydrogen-bond donors (Lipinski definition) is 0. The second-order valence-corrected chi connectivity index (χ2v) is 16.6. The molecule has 0 nitrogen and oxygen atoms in total. The van der Waals surface area contributed by atoms with Crippen molar-refractivity contribution < 1.29 is 0 Å². The van der Waals surface area contributed by atoms with E-state index in [-0.39, 0.29) is 0 Å². The summed E-state index contributed by atoms with van der Waals surface area (Å²) in [7, 11) is 0. The van der Waals surface area contributed by atoms with Crippen LogP contribution in [0.4, 0.5) is 0 Å². The summed E-state index contributed by atoms with van der Waals surface area (Å²) in [6.07, 6.45) is 0. The minimum Gasteiger partial charge on any atom is -0.142 e. The topological polar surface area (TPSA) is 0 Å². The van der Waals surface area contributed by atoms with Crippen LogP contribution in [0.3, 0.4) is 0 Å². The predicted molar refractivity (Wildman–Crippen MR) is 259 cm³/mol. The molecule has 2 heteroatoms. The molecule has 10 rings (SSSR count). The van der Waals surface area contributed by atoms with Gasteiger partial charge in [-0.05, 0) is 77.9 Å². The number of fused-ring (bicyclic) bond motifs is 1. The minimum atomic E-state index is 1.19. The summed E-state index contributed by atoms with van der Waals surface area (Å²) >= 11 is 3.68. The van der Waals surface area contributed by atoms with Crippen molar-refractivity contribution in [2.24, 2.45) is 0 Å². The molecule has 0 saturated carbocycles. The van der Waals surface area contributed by atoms with Gasteiger partial charge in [0.2, 0.25) is 0 Å². The van der Waals surface area contributed by atoms with Crippen LogP contribution in [-0.2, 0) is 0 Å². The largest absolute Gasteiger partial charge is 0.142 e. The van der Waals surface area contributed by atoms with E-state index in [4.69, 9.17) is 0 Å². The van der Waals surface area contributed by atoms with Crippen LogP contribution in [0.2, 0.25) is 0 Å². The van der Waals surface area contributed by atoms with Crippen molar-refractivity contribution in [3.05, 3.63) is 286 Å². The molecular weight excluding hydrogens is 761 g/mol. The third-order valence-corrected chi connectivity index (χ3v) is 13.3. The number of hydrogen-bond acceptors (Lipinski definition) is 2. The highest BCUT2D eigenvalue weighted by atomic mass is 32.1. The van der Waals surface area contributed by atoms with E-state index < -0.39 is 0 Å². The fourth-order valence-electron chi connectivity index (χ4n) is 8.30. The van der Waals surface area contributed by atoms with Crippen LogP contribution in [0.25, 0.3) is 53.9 Å². The molecule has 8 aromatic carbocycles. The lowest BCUT2D eigenvalue weighted by atomic mass is 9.85. The van der Waals surface area contributed by atoms with Crippen molar-refractivity contribution in [1.29, 1.82) is 0 Å². The quantitative estimate of drug-likeness (QED) is 0.121. The molecule has 0 bridgehead atoms. The van der Waals surface area contributed by atoms with Gasteiger partial charge in [0.05, 0.1) is 9.40 Å². The van der Waals surface area contributed by atoms with E-state index >= 15 is 0 Å². The summed E-state index contributed by atoms with van der Waals surface area (Å²) < 4.78 is 2.67. The molecule has 0 radical (unpaired) electrons. The van der Waals surface area contributed by atoms with E-state index in [1.807, 2.05) is 22.7 Å². The Hall–Kier alpha value is -7.10. The van der Waals surface area contributed by atoms with Crippen LogP contribution in [0, 0.1) is 0 Å². The monoisotopic (exact) mass is 800 g/mol. The highest BCUT2D eigenvalue weighted by Gasteiger charge is 2.20. The van der Waals surface area contributed by atoms with Crippen molar-refractivity contribution >= 4 is 54.4 Å². The number of thiophene rings is 2. The van der Waals surface area contributed by atoms with Gasteiger partial charge >= 0.3 is 0 Å². The lowest BCUT2D eigenvalue weighted by molar-refractivity contribution is 1.50. The van der Waals surface area contributed by atoms with Gasteiger partial charge < -0.3 is 0 Å². The Labute approximate surface area is 360 Å². The Kier molecular flexibility index (Phi) is 10.5. The van der Waals surface area contributed by atoms with Crippen LogP contribution in [0.5, 0.6) is 0 Å². The Morgan fingerprint density at radius 2 is 0.417 bits per heavy atom. The molecule has 0 spiro atoms. The first kappa shape index (κ1) is 37.2. The van der Waals surface area contributed by atoms with Crippen molar-refractivity contribution in [2.75, 3.05) is 0 Å². The zero-order valence-corrected chi connectivity index (χ0v) is 34.5. The molecular formula is C58H40S2. The Bertz CT molecular complexity index is 2750. The van der Waals surface area contributed by atoms with Crippen molar-refractivity contribution in [3.63, 3.8) is 0 Å². The fourth-order valence-corrected chi connectivity index (χ4v) is 10.8. The first-order valence-electron chi connectivity index (χ1n) is 20.3. The van der Waals surface area contributed by atoms with Crippen LogP contribution in [-0.4, -0.2) is 0 Å². The normalized spacial score (nSPS) is 11.0. The summed E-state index contributed by atoms with van der Waals surface area (Å²) in [6, 6.07) is 83.1. The van der Waals surface area contributed by atoms with Crippen molar-refractivity contribution in [2.45, 2.75) is 0 Å². The molecule has 0 unspecified atom stereocenters. The predicted octanol–water partition coefficient (Wildman–Crippen LogP) is 16.3. The summed E-state index contributed by atoms with van der Waals surface area (Å²) in [5.74, 6) is 0. The van der Waals surface area contributed by atoms with Gasteiger partial charge in [-0.25, -0.2) is 0 Å². The molecule has 2 aromatic heterocycles. The maximum absolute atomic E-state index is 2.34. The lowest BCUT2D eigenvalue weighted by Gasteiger charge is -2.18. The summed E-state index contributed by atoms with van der Waals surface area (Å²) in [4.78, 5) is 0. The molecule has 0 N–H and O–H groups in total. The summed E-state index contributed by atoms with van der Waals surface area (Å²) in [6.45, 7) is 0. The second kappa shape index (κ2) is 17.0. The molecule has 0 atom stereocenters. The van der Waals surface area contributed by atoms with Gasteiger partial charge in [0, 0.05) is 21.9 Å². The molecule has 0 aliphatic carbocycles. The number of benzene rings is 8. The lowest BCUT2D eigenvalue weighted by Crippen LogP contribution is -1.97. The van der Waals surface area contributed by atoms with Crippen LogP contribution in [0.15, 0.2) is 241 Å². The fraction of sp³-hybridized carbons (Fsp3) is 0. The first-order chi connectivity index (χ1) is 29.8. The molecule has 0 saturated heterocycles. The maximum atomic E-state index is 2.34. The Morgan fingerprint density at radius 3 is 0.633 bits per heavy atom. The minimum absolute atomic E-state index is 1.19. The SMILES string of the molecule is c1ccc(C(=C(c2ccccc2)c2ccc(-c3csc4c(-c5ccc(C(=C(c6ccccc6)c6ccccc6)c6ccccc6)cc5)csc34)cc2)c2ccccc2)cc1. The standard InChI is InChI=1S/C58H40S2/c1-7-19-43(20-8-1)53(44-21-9-2-10-22-44)55(47-27-15-5-16-28-47)49-35-31-41(32-36-49)51-39-59-58-52(40-60-57(51)58)42-33-37-50(38-34-42)56(48-29-17-6-18-30-48)54(45-23-11-3-12-24-45)46-25-13-4-14-26-46/h1-40H. The van der Waals surface area contributed by atoms with Gasteiger partial charge in [0.15, 0.2) is 0 Å². The van der Waals surface area contributed by atoms with E-state index in [0.717, 1.165) is 0 Å². The van der Waals surface area contributed by atoms with Gasteiger partial charge in [-0.15, -0.1) is 22.7 Å². The van der Waals surface area contributed by atoms with Gasteiger partial charge in [0.1, 0.15) is 0 Å². The molecule has 0 aliphatic rings. The van der Waals surface area contributed by atoms with E-state index in [1.165, 1.54) is 98.5 Å². The molecule has 0 fully saturated rings. The molecule has 60 heavy (non-hydrogen) atoms. The zero-order valence-electron chi connectivity index (χ0n) is 32.9. The average molecular weight is 801 g/mol. The highest BCUT2D eigenvalue weighted by molar-refractivity contribution is 7.27. The molecule has 10 aromatic rings. The van der Waals surface area contributed by atoms with E-state index in [1.54, 1.807) is 0 Å². The van der Waals surface area contributed by atoms with Gasteiger partial charge in [-0.1, -0.05) is 231 Å². The molecule has 2 heterocycles. The van der Waals surface area contributed by atoms with Gasteiger partial charge in [-0.3, -0.25) is 0 Å². The Morgan fingerprint density at radius 1 is 0.217 bits per heavy atom. The van der Waals surface area contributed by atoms with Crippen LogP contribution in [0.1, 0.15) is 44.5 Å². The second-order valence-electron chi connectivity index (χ2n) is 14.8. The van der Waals surface area contributed by atoms with Gasteiger partial charge in [0.25, 0.3) is 0 Å². The maximum Gasteiger partial charge on any atom is 0.0535 e. The Balaban J connectivity index is 1.03. The third-order valence-electron chi connectivity index (χ3n) is 11.1. The highest BCUT2D eigenvalue weighted by Crippen LogP contribution is 2.46. The third kappa shape index (κ3) is 7.40. The van der Waals surface area contributed by atoms with E-state index in [2.05, 4.69) is 241 Å². The van der Waals surface area contributed by atoms with Crippen molar-refractivity contribution in [3.8, 4) is 22.3 Å². The van der Waals surface area contributed by atoms with Crippen LogP contribution >= 0.6 is 22.7 Å². The molecule has 284 valence electrons. The zero-order chi connectivity index (χ0) is 40.1. The van der Waals surface area contributed by atoms with Gasteiger partial charge in [-0.2, -0.15) is 0 Å². The summed E-state index contributed by atoms with van der Waals surface area (Å²) in [5, 5.41) is 4.67. The average Bonchev–Trinajstić information content (AvgIpc) is 3.95.